The fraction of sp³-hybridized carbons (Fsp3) is 0.556. The lowest BCUT2D eigenvalue weighted by atomic mass is 10.3. The number of rotatable bonds is 4. The van der Waals surface area contributed by atoms with E-state index < -0.39 is 12.5 Å². The van der Waals surface area contributed by atoms with Gasteiger partial charge in [0.25, 0.3) is 6.43 Å². The molecule has 0 aliphatic heterocycles. The van der Waals surface area contributed by atoms with Crippen LogP contribution in [0.4, 0.5) is 8.78 Å². The maximum atomic E-state index is 12.1. The van der Waals surface area contributed by atoms with Gasteiger partial charge in [0.05, 0.1) is 6.04 Å². The third-order valence-corrected chi connectivity index (χ3v) is 2.77. The van der Waals surface area contributed by atoms with Crippen molar-refractivity contribution in [2.75, 3.05) is 0 Å². The lowest BCUT2D eigenvalue weighted by Crippen LogP contribution is -2.31. The Morgan fingerprint density at radius 2 is 2.15 bits per heavy atom. The van der Waals surface area contributed by atoms with Crippen molar-refractivity contribution in [3.63, 3.8) is 0 Å². The van der Waals surface area contributed by atoms with Crippen LogP contribution in [-0.4, -0.2) is 12.5 Å². The molecule has 0 fully saturated rings. The van der Waals surface area contributed by atoms with Gasteiger partial charge in [-0.1, -0.05) is 0 Å². The summed E-state index contributed by atoms with van der Waals surface area (Å²) in [6, 6.07) is 3.22. The summed E-state index contributed by atoms with van der Waals surface area (Å²) in [4.78, 5) is 2.31. The first-order valence-electron chi connectivity index (χ1n) is 4.16. The Bertz CT molecular complexity index is 260. The first-order valence-corrected chi connectivity index (χ1v) is 4.98. The van der Waals surface area contributed by atoms with Gasteiger partial charge in [-0.15, -0.1) is 11.3 Å². The molecule has 1 atom stereocenters. The number of aryl methyl sites for hydroxylation is 1. The van der Waals surface area contributed by atoms with Gasteiger partial charge in [0.2, 0.25) is 0 Å². The van der Waals surface area contributed by atoms with E-state index in [1.165, 1.54) is 11.8 Å². The fourth-order valence-corrected chi connectivity index (χ4v) is 1.77. The molecule has 1 N–H and O–H groups in total. The molecule has 13 heavy (non-hydrogen) atoms. The van der Waals surface area contributed by atoms with E-state index in [0.29, 0.717) is 6.54 Å². The van der Waals surface area contributed by atoms with Crippen molar-refractivity contribution < 1.29 is 8.78 Å². The number of hydrogen-bond donors (Lipinski definition) is 1. The van der Waals surface area contributed by atoms with E-state index in [2.05, 4.69) is 5.32 Å². The highest BCUT2D eigenvalue weighted by molar-refractivity contribution is 7.11. The maximum Gasteiger partial charge on any atom is 0.253 e. The third kappa shape index (κ3) is 3.40. The zero-order valence-corrected chi connectivity index (χ0v) is 8.50. The number of thiophene rings is 1. The zero-order valence-electron chi connectivity index (χ0n) is 7.68. The number of nitrogens with one attached hydrogen (secondary N) is 1. The van der Waals surface area contributed by atoms with Gasteiger partial charge in [-0.05, 0) is 26.0 Å². The Balaban J connectivity index is 2.35. The molecule has 1 aromatic rings. The summed E-state index contributed by atoms with van der Waals surface area (Å²) >= 11 is 1.63. The van der Waals surface area contributed by atoms with Crippen molar-refractivity contribution >= 4 is 11.3 Å². The molecule has 4 heteroatoms. The molecule has 74 valence electrons. The maximum absolute atomic E-state index is 12.1. The molecule has 1 aromatic heterocycles. The lowest BCUT2D eigenvalue weighted by Gasteiger charge is -2.10. The molecule has 0 aromatic carbocycles. The summed E-state index contributed by atoms with van der Waals surface area (Å²) in [6.45, 7) is 4.03. The van der Waals surface area contributed by atoms with Crippen LogP contribution >= 0.6 is 11.3 Å². The monoisotopic (exact) mass is 205 g/mol. The van der Waals surface area contributed by atoms with E-state index in [9.17, 15) is 8.78 Å². The van der Waals surface area contributed by atoms with Crippen LogP contribution in [0.25, 0.3) is 0 Å². The molecule has 1 heterocycles. The largest absolute Gasteiger partial charge is 0.304 e. The van der Waals surface area contributed by atoms with E-state index in [1.54, 1.807) is 11.3 Å². The van der Waals surface area contributed by atoms with Crippen LogP contribution in [0.1, 0.15) is 16.7 Å². The third-order valence-electron chi connectivity index (χ3n) is 1.77. The molecule has 0 saturated heterocycles. The fourth-order valence-electron chi connectivity index (χ4n) is 0.931. The summed E-state index contributed by atoms with van der Waals surface area (Å²) in [7, 11) is 0. The molecule has 0 aliphatic rings. The van der Waals surface area contributed by atoms with Crippen molar-refractivity contribution in [3.8, 4) is 0 Å². The Labute approximate surface area is 80.8 Å². The van der Waals surface area contributed by atoms with E-state index >= 15 is 0 Å². The second kappa shape index (κ2) is 4.67. The minimum absolute atomic E-state index is 0.532. The van der Waals surface area contributed by atoms with Crippen molar-refractivity contribution in [2.45, 2.75) is 32.9 Å². The molecule has 0 bridgehead atoms. The first-order chi connectivity index (χ1) is 6.09. The molecule has 1 rings (SSSR count). The second-order valence-electron chi connectivity index (χ2n) is 3.02. The molecule has 0 radical (unpaired) electrons. The summed E-state index contributed by atoms with van der Waals surface area (Å²) in [5.74, 6) is 0. The van der Waals surface area contributed by atoms with Gasteiger partial charge in [0.1, 0.15) is 0 Å². The van der Waals surface area contributed by atoms with Crippen LogP contribution in [0, 0.1) is 6.92 Å². The average molecular weight is 205 g/mol. The molecule has 0 saturated carbocycles. The van der Waals surface area contributed by atoms with Crippen molar-refractivity contribution in [2.24, 2.45) is 0 Å². The molecule has 0 spiro atoms. The lowest BCUT2D eigenvalue weighted by molar-refractivity contribution is 0.105. The highest BCUT2D eigenvalue weighted by atomic mass is 32.1. The van der Waals surface area contributed by atoms with Crippen molar-refractivity contribution in [1.29, 1.82) is 0 Å². The highest BCUT2D eigenvalue weighted by Crippen LogP contribution is 2.15. The van der Waals surface area contributed by atoms with Crippen LogP contribution in [0.15, 0.2) is 12.1 Å². The Kier molecular flexibility index (Phi) is 3.81. The van der Waals surface area contributed by atoms with Gasteiger partial charge in [0.15, 0.2) is 0 Å². The van der Waals surface area contributed by atoms with E-state index in [4.69, 9.17) is 0 Å². The minimum Gasteiger partial charge on any atom is -0.304 e. The smallest absolute Gasteiger partial charge is 0.253 e. The highest BCUT2D eigenvalue weighted by Gasteiger charge is 2.13. The predicted octanol–water partition coefficient (Wildman–Crippen LogP) is 2.80. The normalized spacial score (nSPS) is 13.6. The van der Waals surface area contributed by atoms with Crippen molar-refractivity contribution in [3.05, 3.63) is 21.9 Å². The number of alkyl halides is 2. The van der Waals surface area contributed by atoms with Gasteiger partial charge in [-0.25, -0.2) is 8.78 Å². The zero-order chi connectivity index (χ0) is 9.84. The van der Waals surface area contributed by atoms with Gasteiger partial charge in [-0.3, -0.25) is 0 Å². The summed E-state index contributed by atoms with van der Waals surface area (Å²) in [6.07, 6.45) is -2.29. The molecule has 0 amide bonds. The van der Waals surface area contributed by atoms with E-state index in [0.717, 1.165) is 4.88 Å². The van der Waals surface area contributed by atoms with Crippen LogP contribution in [0.2, 0.25) is 0 Å². The van der Waals surface area contributed by atoms with Crippen LogP contribution in [-0.2, 0) is 6.54 Å². The Morgan fingerprint density at radius 1 is 1.46 bits per heavy atom. The van der Waals surface area contributed by atoms with E-state index in [1.807, 2.05) is 19.1 Å². The summed E-state index contributed by atoms with van der Waals surface area (Å²) in [5.41, 5.74) is 0. The van der Waals surface area contributed by atoms with Gasteiger partial charge in [-0.2, -0.15) is 0 Å². The second-order valence-corrected chi connectivity index (χ2v) is 4.39. The van der Waals surface area contributed by atoms with Crippen LogP contribution < -0.4 is 5.32 Å². The standard InChI is InChI=1S/C9H13F2NS/c1-6-3-4-8(13-6)5-12-7(2)9(10)11/h3-4,7,9,12H,5H2,1-2H3. The van der Waals surface area contributed by atoms with Crippen molar-refractivity contribution in [1.82, 2.24) is 5.32 Å². The molecule has 1 nitrogen and oxygen atoms in total. The first kappa shape index (κ1) is 10.6. The SMILES string of the molecule is Cc1ccc(CNC(C)C(F)F)s1. The van der Waals surface area contributed by atoms with Gasteiger partial charge < -0.3 is 5.32 Å². The average Bonchev–Trinajstić information content (AvgIpc) is 2.47. The number of halogens is 2. The predicted molar refractivity (Wildman–Crippen MR) is 51.4 cm³/mol. The Morgan fingerprint density at radius 3 is 2.62 bits per heavy atom. The topological polar surface area (TPSA) is 12.0 Å². The molecular formula is C9H13F2NS. The van der Waals surface area contributed by atoms with Crippen LogP contribution in [0.5, 0.6) is 0 Å². The van der Waals surface area contributed by atoms with Gasteiger partial charge in [0, 0.05) is 16.3 Å². The Hall–Kier alpha value is -0.480. The summed E-state index contributed by atoms with van der Waals surface area (Å²) < 4.78 is 24.2. The molecule has 0 aliphatic carbocycles. The summed E-state index contributed by atoms with van der Waals surface area (Å²) in [5, 5.41) is 2.77. The number of hydrogen-bond acceptors (Lipinski definition) is 2. The molecular weight excluding hydrogens is 192 g/mol. The minimum atomic E-state index is -2.29. The molecule has 1 unspecified atom stereocenters. The quantitative estimate of drug-likeness (QED) is 0.797. The van der Waals surface area contributed by atoms with Gasteiger partial charge >= 0.3 is 0 Å². The van der Waals surface area contributed by atoms with Crippen LogP contribution in [0.3, 0.4) is 0 Å². The van der Waals surface area contributed by atoms with E-state index in [-0.39, 0.29) is 0 Å².